The lowest BCUT2D eigenvalue weighted by atomic mass is 9.92. The van der Waals surface area contributed by atoms with E-state index in [0.29, 0.717) is 13.0 Å². The normalized spacial score (nSPS) is 23.0. The summed E-state index contributed by atoms with van der Waals surface area (Å²) < 4.78 is 27.1. The molecule has 1 aliphatic heterocycles. The molecule has 0 aliphatic carbocycles. The largest absolute Gasteiger partial charge is 0.481 e. The number of hydrogen-bond donors (Lipinski definition) is 1. The summed E-state index contributed by atoms with van der Waals surface area (Å²) in [4.78, 5) is 11.5. The number of carboxylic acids is 1. The third-order valence-corrected chi connectivity index (χ3v) is 6.16. The van der Waals surface area contributed by atoms with Gasteiger partial charge in [-0.1, -0.05) is 37.3 Å². The second-order valence-corrected chi connectivity index (χ2v) is 8.14. The SMILES string of the molecule is CC1CC(C(=O)O)CN(S(=O)(=O)c2ccc3ccccc3c2)C1. The minimum atomic E-state index is -3.68. The van der Waals surface area contributed by atoms with E-state index >= 15 is 0 Å². The first-order valence-corrected chi connectivity index (χ1v) is 9.03. The summed E-state index contributed by atoms with van der Waals surface area (Å²) in [6, 6.07) is 12.6. The highest BCUT2D eigenvalue weighted by molar-refractivity contribution is 7.89. The van der Waals surface area contributed by atoms with Gasteiger partial charge < -0.3 is 5.11 Å². The number of benzene rings is 2. The maximum Gasteiger partial charge on any atom is 0.307 e. The van der Waals surface area contributed by atoms with E-state index in [2.05, 4.69) is 0 Å². The van der Waals surface area contributed by atoms with Crippen LogP contribution in [0.2, 0.25) is 0 Å². The van der Waals surface area contributed by atoms with Crippen LogP contribution >= 0.6 is 0 Å². The molecule has 2 aromatic rings. The monoisotopic (exact) mass is 333 g/mol. The third kappa shape index (κ3) is 3.09. The first kappa shape index (κ1) is 16.0. The minimum Gasteiger partial charge on any atom is -0.481 e. The molecule has 1 saturated heterocycles. The highest BCUT2D eigenvalue weighted by Gasteiger charge is 2.36. The maximum absolute atomic E-state index is 12.9. The van der Waals surface area contributed by atoms with Gasteiger partial charge in [-0.2, -0.15) is 4.31 Å². The molecule has 0 amide bonds. The fourth-order valence-corrected chi connectivity index (χ4v) is 4.80. The lowest BCUT2D eigenvalue weighted by Crippen LogP contribution is -2.45. The molecule has 23 heavy (non-hydrogen) atoms. The number of carbonyl (C=O) groups is 1. The van der Waals surface area contributed by atoms with Gasteiger partial charge in [-0.15, -0.1) is 0 Å². The van der Waals surface area contributed by atoms with Gasteiger partial charge in [-0.25, -0.2) is 8.42 Å². The lowest BCUT2D eigenvalue weighted by molar-refractivity contribution is -0.143. The van der Waals surface area contributed by atoms with Crippen molar-refractivity contribution in [3.05, 3.63) is 42.5 Å². The Kier molecular flexibility index (Phi) is 4.12. The van der Waals surface area contributed by atoms with E-state index in [0.717, 1.165) is 10.8 Å². The molecule has 0 saturated carbocycles. The average molecular weight is 333 g/mol. The van der Waals surface area contributed by atoms with Gasteiger partial charge in [0.05, 0.1) is 10.8 Å². The highest BCUT2D eigenvalue weighted by Crippen LogP contribution is 2.28. The van der Waals surface area contributed by atoms with Crippen LogP contribution in [0.4, 0.5) is 0 Å². The van der Waals surface area contributed by atoms with E-state index in [1.54, 1.807) is 18.2 Å². The zero-order chi connectivity index (χ0) is 16.6. The molecule has 2 atom stereocenters. The Bertz CT molecular complexity index is 847. The molecule has 6 heteroatoms. The van der Waals surface area contributed by atoms with Crippen LogP contribution in [0.15, 0.2) is 47.4 Å². The molecular weight excluding hydrogens is 314 g/mol. The molecule has 3 rings (SSSR count). The number of carboxylic acid groups (broad SMARTS) is 1. The van der Waals surface area contributed by atoms with Crippen molar-refractivity contribution in [3.63, 3.8) is 0 Å². The Balaban J connectivity index is 1.97. The fraction of sp³-hybridized carbons (Fsp3) is 0.353. The van der Waals surface area contributed by atoms with Gasteiger partial charge in [0.2, 0.25) is 10.0 Å². The first-order chi connectivity index (χ1) is 10.9. The molecule has 0 aromatic heterocycles. The van der Waals surface area contributed by atoms with Crippen molar-refractivity contribution >= 4 is 26.8 Å². The number of hydrogen-bond acceptors (Lipinski definition) is 3. The summed E-state index contributed by atoms with van der Waals surface area (Å²) in [5, 5.41) is 11.1. The number of nitrogens with zero attached hydrogens (tertiary/aromatic N) is 1. The average Bonchev–Trinajstić information content (AvgIpc) is 2.53. The van der Waals surface area contributed by atoms with Gasteiger partial charge in [-0.05, 0) is 35.2 Å². The van der Waals surface area contributed by atoms with E-state index < -0.39 is 21.9 Å². The molecule has 1 N–H and O–H groups in total. The van der Waals surface area contributed by atoms with E-state index in [1.165, 1.54) is 4.31 Å². The number of rotatable bonds is 3. The van der Waals surface area contributed by atoms with Crippen LogP contribution in [0.3, 0.4) is 0 Å². The summed E-state index contributed by atoms with van der Waals surface area (Å²) in [7, 11) is -3.68. The topological polar surface area (TPSA) is 74.7 Å². The Morgan fingerprint density at radius 3 is 2.52 bits per heavy atom. The van der Waals surface area contributed by atoms with Gasteiger partial charge >= 0.3 is 5.97 Å². The van der Waals surface area contributed by atoms with Gasteiger partial charge in [0.15, 0.2) is 0 Å². The Labute approximate surface area is 135 Å². The van der Waals surface area contributed by atoms with Crippen LogP contribution in [0.5, 0.6) is 0 Å². The molecule has 122 valence electrons. The highest BCUT2D eigenvalue weighted by atomic mass is 32.2. The quantitative estimate of drug-likeness (QED) is 0.937. The molecule has 5 nitrogen and oxygen atoms in total. The zero-order valence-corrected chi connectivity index (χ0v) is 13.7. The maximum atomic E-state index is 12.9. The molecular formula is C17H19NO4S. The van der Waals surface area contributed by atoms with Crippen molar-refractivity contribution < 1.29 is 18.3 Å². The third-order valence-electron chi connectivity index (χ3n) is 4.33. The molecule has 2 aromatic carbocycles. The summed E-state index contributed by atoms with van der Waals surface area (Å²) in [5.74, 6) is -1.55. The number of aliphatic carboxylic acids is 1. The Morgan fingerprint density at radius 1 is 1.13 bits per heavy atom. The Hall–Kier alpha value is -1.92. The summed E-state index contributed by atoms with van der Waals surface area (Å²) in [6.07, 6.45) is 0.513. The second-order valence-electron chi connectivity index (χ2n) is 6.21. The van der Waals surface area contributed by atoms with Crippen molar-refractivity contribution in [1.29, 1.82) is 0 Å². The van der Waals surface area contributed by atoms with Crippen molar-refractivity contribution in [2.24, 2.45) is 11.8 Å². The van der Waals surface area contributed by atoms with Crippen LogP contribution in [0, 0.1) is 11.8 Å². The number of fused-ring (bicyclic) bond motifs is 1. The lowest BCUT2D eigenvalue weighted by Gasteiger charge is -2.33. The molecule has 0 spiro atoms. The van der Waals surface area contributed by atoms with E-state index in [-0.39, 0.29) is 17.4 Å². The summed E-state index contributed by atoms with van der Waals surface area (Å²) in [5.41, 5.74) is 0. The van der Waals surface area contributed by atoms with Gasteiger partial charge in [0.1, 0.15) is 0 Å². The predicted octanol–water partition coefficient (Wildman–Crippen LogP) is 2.57. The van der Waals surface area contributed by atoms with Crippen molar-refractivity contribution in [2.75, 3.05) is 13.1 Å². The summed E-state index contributed by atoms with van der Waals surface area (Å²) in [6.45, 7) is 2.28. The molecule has 0 bridgehead atoms. The first-order valence-electron chi connectivity index (χ1n) is 7.59. The smallest absolute Gasteiger partial charge is 0.307 e. The summed E-state index contributed by atoms with van der Waals surface area (Å²) >= 11 is 0. The van der Waals surface area contributed by atoms with E-state index in [9.17, 15) is 18.3 Å². The zero-order valence-electron chi connectivity index (χ0n) is 12.8. The van der Waals surface area contributed by atoms with Crippen LogP contribution in [0.1, 0.15) is 13.3 Å². The number of piperidine rings is 1. The van der Waals surface area contributed by atoms with Gasteiger partial charge in [0.25, 0.3) is 0 Å². The standard InChI is InChI=1S/C17H19NO4S/c1-12-8-15(17(19)20)11-18(10-12)23(21,22)16-7-6-13-4-2-3-5-14(13)9-16/h2-7,9,12,15H,8,10-11H2,1H3,(H,19,20). The van der Waals surface area contributed by atoms with Crippen LogP contribution in [-0.4, -0.2) is 36.9 Å². The molecule has 1 fully saturated rings. The van der Waals surface area contributed by atoms with Crippen molar-refractivity contribution in [1.82, 2.24) is 4.31 Å². The predicted molar refractivity (Wildman–Crippen MR) is 87.6 cm³/mol. The van der Waals surface area contributed by atoms with Crippen molar-refractivity contribution in [2.45, 2.75) is 18.2 Å². The fourth-order valence-electron chi connectivity index (χ4n) is 3.15. The molecule has 2 unspecified atom stereocenters. The molecule has 1 aliphatic rings. The number of sulfonamides is 1. The van der Waals surface area contributed by atoms with Gasteiger partial charge in [-0.3, -0.25) is 4.79 Å². The van der Waals surface area contributed by atoms with Crippen LogP contribution in [-0.2, 0) is 14.8 Å². The van der Waals surface area contributed by atoms with E-state index in [4.69, 9.17) is 0 Å². The van der Waals surface area contributed by atoms with Crippen LogP contribution in [0.25, 0.3) is 10.8 Å². The minimum absolute atomic E-state index is 0.0279. The second kappa shape index (κ2) is 5.94. The van der Waals surface area contributed by atoms with Crippen LogP contribution < -0.4 is 0 Å². The Morgan fingerprint density at radius 2 is 1.83 bits per heavy atom. The van der Waals surface area contributed by atoms with Gasteiger partial charge in [0, 0.05) is 13.1 Å². The van der Waals surface area contributed by atoms with E-state index in [1.807, 2.05) is 31.2 Å². The molecule has 1 heterocycles. The van der Waals surface area contributed by atoms with Crippen molar-refractivity contribution in [3.8, 4) is 0 Å². The molecule has 0 radical (unpaired) electrons.